The number of nitro groups is 1. The zero-order valence-electron chi connectivity index (χ0n) is 10.7. The monoisotopic (exact) mass is 312 g/mol. The van der Waals surface area contributed by atoms with Crippen LogP contribution in [-0.2, 0) is 6.54 Å². The molecule has 2 rings (SSSR count). The van der Waals surface area contributed by atoms with Gasteiger partial charge in [0.2, 0.25) is 0 Å². The summed E-state index contributed by atoms with van der Waals surface area (Å²) in [5.74, 6) is 0. The first-order chi connectivity index (χ1) is 9.97. The number of halogens is 3. The third-order valence-electron chi connectivity index (χ3n) is 2.84. The lowest BCUT2D eigenvalue weighted by Gasteiger charge is -2.09. The van der Waals surface area contributed by atoms with Crippen molar-refractivity contribution >= 4 is 23.0 Å². The lowest BCUT2D eigenvalue weighted by Crippen LogP contribution is -2.03. The average molecular weight is 313 g/mol. The van der Waals surface area contributed by atoms with Crippen LogP contribution in [0.1, 0.15) is 17.6 Å². The molecule has 0 saturated heterocycles. The Labute approximate surface area is 124 Å². The van der Waals surface area contributed by atoms with E-state index in [1.807, 2.05) is 0 Å². The number of nitro benzene ring substituents is 1. The van der Waals surface area contributed by atoms with Gasteiger partial charge in [0.25, 0.3) is 12.1 Å². The molecule has 0 unspecified atom stereocenters. The molecule has 2 aromatic carbocycles. The quantitative estimate of drug-likeness (QED) is 0.637. The normalized spacial score (nSPS) is 10.7. The smallest absolute Gasteiger partial charge is 0.292 e. The molecule has 0 aromatic heterocycles. The summed E-state index contributed by atoms with van der Waals surface area (Å²) in [7, 11) is 0. The van der Waals surface area contributed by atoms with E-state index in [0.29, 0.717) is 10.6 Å². The zero-order chi connectivity index (χ0) is 15.4. The minimum absolute atomic E-state index is 0.0881. The highest BCUT2D eigenvalue weighted by atomic mass is 35.5. The third kappa shape index (κ3) is 3.88. The van der Waals surface area contributed by atoms with E-state index in [-0.39, 0.29) is 23.5 Å². The predicted molar refractivity (Wildman–Crippen MR) is 76.8 cm³/mol. The first-order valence-electron chi connectivity index (χ1n) is 6.02. The van der Waals surface area contributed by atoms with Crippen LogP contribution in [0.2, 0.25) is 5.02 Å². The highest BCUT2D eigenvalue weighted by Crippen LogP contribution is 2.28. The van der Waals surface area contributed by atoms with E-state index in [1.165, 1.54) is 36.4 Å². The molecular formula is C14H11ClF2N2O2. The van der Waals surface area contributed by atoms with Crippen molar-refractivity contribution in [3.05, 3.63) is 68.7 Å². The van der Waals surface area contributed by atoms with Crippen LogP contribution in [0.25, 0.3) is 0 Å². The van der Waals surface area contributed by atoms with Crippen LogP contribution in [0.4, 0.5) is 20.2 Å². The van der Waals surface area contributed by atoms with Crippen LogP contribution < -0.4 is 5.32 Å². The summed E-state index contributed by atoms with van der Waals surface area (Å²) in [5.41, 5.74) is 0.635. The fourth-order valence-electron chi connectivity index (χ4n) is 1.85. The topological polar surface area (TPSA) is 55.2 Å². The van der Waals surface area contributed by atoms with Crippen LogP contribution in [-0.4, -0.2) is 4.92 Å². The van der Waals surface area contributed by atoms with E-state index in [4.69, 9.17) is 11.6 Å². The largest absolute Gasteiger partial charge is 0.375 e. The molecule has 0 aliphatic rings. The number of nitrogens with zero attached hydrogens (tertiary/aromatic N) is 1. The fraction of sp³-hybridized carbons (Fsp3) is 0.143. The molecule has 0 atom stereocenters. The third-order valence-corrected chi connectivity index (χ3v) is 3.08. The number of hydrogen-bond acceptors (Lipinski definition) is 3. The second kappa shape index (κ2) is 6.49. The van der Waals surface area contributed by atoms with Gasteiger partial charge in [-0.25, -0.2) is 8.78 Å². The molecule has 4 nitrogen and oxygen atoms in total. The van der Waals surface area contributed by atoms with E-state index in [0.717, 1.165) is 0 Å². The lowest BCUT2D eigenvalue weighted by atomic mass is 10.1. The summed E-state index contributed by atoms with van der Waals surface area (Å²) < 4.78 is 25.2. The van der Waals surface area contributed by atoms with Crippen LogP contribution in [0, 0.1) is 10.1 Å². The first kappa shape index (κ1) is 15.2. The van der Waals surface area contributed by atoms with Gasteiger partial charge in [0, 0.05) is 23.2 Å². The van der Waals surface area contributed by atoms with Gasteiger partial charge < -0.3 is 5.32 Å². The van der Waals surface area contributed by atoms with E-state index in [9.17, 15) is 18.9 Å². The Morgan fingerprint density at radius 1 is 1.24 bits per heavy atom. The molecule has 0 fully saturated rings. The van der Waals surface area contributed by atoms with Gasteiger partial charge in [-0.2, -0.15) is 0 Å². The van der Waals surface area contributed by atoms with Gasteiger partial charge in [-0.3, -0.25) is 10.1 Å². The molecule has 0 radical (unpaired) electrons. The molecule has 0 heterocycles. The van der Waals surface area contributed by atoms with Gasteiger partial charge in [-0.05, 0) is 23.8 Å². The number of nitrogens with one attached hydrogen (secondary N) is 1. The van der Waals surface area contributed by atoms with E-state index < -0.39 is 11.3 Å². The second-order valence-corrected chi connectivity index (χ2v) is 4.75. The Morgan fingerprint density at radius 2 is 2.00 bits per heavy atom. The first-order valence-corrected chi connectivity index (χ1v) is 6.40. The number of benzene rings is 2. The van der Waals surface area contributed by atoms with Crippen molar-refractivity contribution in [1.82, 2.24) is 0 Å². The minimum atomic E-state index is -2.55. The average Bonchev–Trinajstić information content (AvgIpc) is 2.45. The SMILES string of the molecule is O=[N+]([O-])c1ccc(Cl)cc1NCc1cccc(C(F)F)c1. The molecule has 7 heteroatoms. The summed E-state index contributed by atoms with van der Waals surface area (Å²) >= 11 is 5.81. The molecule has 0 spiro atoms. The van der Waals surface area contributed by atoms with Gasteiger partial charge in [0.15, 0.2) is 0 Å². The molecule has 0 saturated carbocycles. The molecule has 1 N–H and O–H groups in total. The molecule has 110 valence electrons. The van der Waals surface area contributed by atoms with Gasteiger partial charge in [-0.1, -0.05) is 29.8 Å². The number of hydrogen-bond donors (Lipinski definition) is 1. The van der Waals surface area contributed by atoms with Gasteiger partial charge in [0.1, 0.15) is 5.69 Å². The minimum Gasteiger partial charge on any atom is -0.375 e. The predicted octanol–water partition coefficient (Wildman–Crippen LogP) is 4.80. The van der Waals surface area contributed by atoms with Gasteiger partial charge in [-0.15, -0.1) is 0 Å². The van der Waals surface area contributed by atoms with E-state index in [1.54, 1.807) is 6.07 Å². The Balaban J connectivity index is 2.18. The van der Waals surface area contributed by atoms with Crippen LogP contribution in [0.15, 0.2) is 42.5 Å². The van der Waals surface area contributed by atoms with Gasteiger partial charge in [0.05, 0.1) is 4.92 Å². The molecule has 21 heavy (non-hydrogen) atoms. The second-order valence-electron chi connectivity index (χ2n) is 4.32. The number of rotatable bonds is 5. The lowest BCUT2D eigenvalue weighted by molar-refractivity contribution is -0.384. The summed E-state index contributed by atoms with van der Waals surface area (Å²) in [4.78, 5) is 10.4. The zero-order valence-corrected chi connectivity index (χ0v) is 11.5. The Kier molecular flexibility index (Phi) is 4.70. The van der Waals surface area contributed by atoms with E-state index >= 15 is 0 Å². The van der Waals surface area contributed by atoms with E-state index in [2.05, 4.69) is 5.32 Å². The maximum atomic E-state index is 12.6. The summed E-state index contributed by atoms with van der Waals surface area (Å²) in [5, 5.41) is 14.1. The fourth-order valence-corrected chi connectivity index (χ4v) is 2.02. The Bertz CT molecular complexity index is 665. The molecule has 2 aromatic rings. The van der Waals surface area contributed by atoms with Crippen molar-refractivity contribution in [2.24, 2.45) is 0 Å². The van der Waals surface area contributed by atoms with Crippen molar-refractivity contribution in [2.75, 3.05) is 5.32 Å². The van der Waals surface area contributed by atoms with Crippen LogP contribution in [0.5, 0.6) is 0 Å². The number of anilines is 1. The Morgan fingerprint density at radius 3 is 2.67 bits per heavy atom. The summed E-state index contributed by atoms with van der Waals surface area (Å²) in [6.07, 6.45) is -2.55. The van der Waals surface area contributed by atoms with Crippen molar-refractivity contribution in [3.63, 3.8) is 0 Å². The molecule has 0 bridgehead atoms. The maximum absolute atomic E-state index is 12.6. The van der Waals surface area contributed by atoms with Gasteiger partial charge >= 0.3 is 0 Å². The van der Waals surface area contributed by atoms with Crippen molar-refractivity contribution in [2.45, 2.75) is 13.0 Å². The highest BCUT2D eigenvalue weighted by molar-refractivity contribution is 6.31. The van der Waals surface area contributed by atoms with Crippen molar-refractivity contribution in [1.29, 1.82) is 0 Å². The number of alkyl halides is 2. The molecule has 0 amide bonds. The maximum Gasteiger partial charge on any atom is 0.292 e. The highest BCUT2D eigenvalue weighted by Gasteiger charge is 2.14. The summed E-state index contributed by atoms with van der Waals surface area (Å²) in [6.45, 7) is 0.182. The standard InChI is InChI=1S/C14H11ClF2N2O2/c15-11-4-5-13(19(20)21)12(7-11)18-8-9-2-1-3-10(6-9)14(16)17/h1-7,14,18H,8H2. The van der Waals surface area contributed by atoms with Crippen molar-refractivity contribution < 1.29 is 13.7 Å². The Hall–Kier alpha value is -2.21. The summed E-state index contributed by atoms with van der Waals surface area (Å²) in [6, 6.07) is 10.0. The molecular weight excluding hydrogens is 302 g/mol. The molecule has 0 aliphatic heterocycles. The molecule has 0 aliphatic carbocycles. The van der Waals surface area contributed by atoms with Crippen LogP contribution in [0.3, 0.4) is 0 Å². The van der Waals surface area contributed by atoms with Crippen LogP contribution >= 0.6 is 11.6 Å². The van der Waals surface area contributed by atoms with Crippen molar-refractivity contribution in [3.8, 4) is 0 Å².